The molecule has 0 aliphatic carbocycles. The number of hydrogen-bond donors (Lipinski definition) is 2. The van der Waals surface area contributed by atoms with E-state index in [0.717, 1.165) is 37.1 Å². The van der Waals surface area contributed by atoms with E-state index in [9.17, 15) is 13.2 Å². The van der Waals surface area contributed by atoms with Crippen LogP contribution in [0.3, 0.4) is 0 Å². The first kappa shape index (κ1) is 20.2. The number of aryl methyl sites for hydroxylation is 1. The van der Waals surface area contributed by atoms with Gasteiger partial charge >= 0.3 is 6.03 Å². The highest BCUT2D eigenvalue weighted by atomic mass is 32.2. The Morgan fingerprint density at radius 1 is 1.04 bits per heavy atom. The molecule has 7 heteroatoms. The maximum Gasteiger partial charge on any atom is 0.321 e. The van der Waals surface area contributed by atoms with Crippen molar-refractivity contribution in [2.24, 2.45) is 0 Å². The summed E-state index contributed by atoms with van der Waals surface area (Å²) in [6.07, 6.45) is 2.04. The molecule has 1 aliphatic rings. The second-order valence-electron chi connectivity index (χ2n) is 7.45. The van der Waals surface area contributed by atoms with Gasteiger partial charge in [-0.1, -0.05) is 32.0 Å². The Morgan fingerprint density at radius 3 is 2.29 bits per heavy atom. The smallest absolute Gasteiger partial charge is 0.321 e. The van der Waals surface area contributed by atoms with Gasteiger partial charge in [0.15, 0.2) is 0 Å². The average Bonchev–Trinajstić information content (AvgIpc) is 3.18. The Kier molecular flexibility index (Phi) is 5.93. The highest BCUT2D eigenvalue weighted by Gasteiger charge is 2.20. The topological polar surface area (TPSA) is 78.5 Å². The van der Waals surface area contributed by atoms with Crippen LogP contribution in [0, 0.1) is 6.92 Å². The molecule has 1 saturated heterocycles. The van der Waals surface area contributed by atoms with Crippen molar-refractivity contribution in [1.29, 1.82) is 0 Å². The molecule has 2 aromatic rings. The highest BCUT2D eigenvalue weighted by Crippen LogP contribution is 2.29. The molecular formula is C21H27N3O3S. The van der Waals surface area contributed by atoms with Crippen molar-refractivity contribution in [2.75, 3.05) is 23.1 Å². The van der Waals surface area contributed by atoms with Gasteiger partial charge in [-0.3, -0.25) is 4.72 Å². The number of likely N-dealkylation sites (tertiary alicyclic amines) is 1. The van der Waals surface area contributed by atoms with Gasteiger partial charge < -0.3 is 10.2 Å². The van der Waals surface area contributed by atoms with Crippen LogP contribution in [0.15, 0.2) is 47.4 Å². The third kappa shape index (κ3) is 4.47. The van der Waals surface area contributed by atoms with Gasteiger partial charge in [-0.25, -0.2) is 13.2 Å². The molecule has 1 fully saturated rings. The quantitative estimate of drug-likeness (QED) is 0.772. The minimum atomic E-state index is -3.73. The molecular weight excluding hydrogens is 374 g/mol. The number of para-hydroxylation sites is 1. The van der Waals surface area contributed by atoms with Crippen LogP contribution in [0.25, 0.3) is 0 Å². The molecule has 6 nitrogen and oxygen atoms in total. The van der Waals surface area contributed by atoms with Crippen molar-refractivity contribution < 1.29 is 13.2 Å². The van der Waals surface area contributed by atoms with E-state index in [1.807, 2.05) is 39.0 Å². The van der Waals surface area contributed by atoms with Crippen LogP contribution in [0.4, 0.5) is 16.2 Å². The van der Waals surface area contributed by atoms with Gasteiger partial charge in [0.05, 0.1) is 10.6 Å². The van der Waals surface area contributed by atoms with Gasteiger partial charge in [-0.05, 0) is 61.1 Å². The fourth-order valence-corrected chi connectivity index (χ4v) is 4.50. The number of carbonyl (C=O) groups is 1. The lowest BCUT2D eigenvalue weighted by molar-refractivity contribution is 0.222. The third-order valence-corrected chi connectivity index (χ3v) is 6.34. The largest absolute Gasteiger partial charge is 0.325 e. The minimum absolute atomic E-state index is 0.146. The fraction of sp³-hybridized carbons (Fsp3) is 0.381. The maximum absolute atomic E-state index is 12.9. The fourth-order valence-electron chi connectivity index (χ4n) is 3.34. The standard InChI is InChI=1S/C21H27N3O3S/c1-15(2)19-8-6-7-16(3)20(19)23-28(26,27)18-11-9-17(10-12-18)22-21(25)24-13-4-5-14-24/h6-12,15,23H,4-5,13-14H2,1-3H3,(H,22,25). The summed E-state index contributed by atoms with van der Waals surface area (Å²) >= 11 is 0. The third-order valence-electron chi connectivity index (χ3n) is 4.97. The molecule has 0 atom stereocenters. The van der Waals surface area contributed by atoms with Crippen LogP contribution < -0.4 is 10.0 Å². The molecule has 0 bridgehead atoms. The van der Waals surface area contributed by atoms with Gasteiger partial charge in [-0.15, -0.1) is 0 Å². The first-order chi connectivity index (χ1) is 13.3. The molecule has 2 N–H and O–H groups in total. The summed E-state index contributed by atoms with van der Waals surface area (Å²) in [5.74, 6) is 0.195. The lowest BCUT2D eigenvalue weighted by Gasteiger charge is -2.18. The van der Waals surface area contributed by atoms with Crippen molar-refractivity contribution in [1.82, 2.24) is 4.90 Å². The van der Waals surface area contributed by atoms with Gasteiger partial charge in [-0.2, -0.15) is 0 Å². The average molecular weight is 402 g/mol. The summed E-state index contributed by atoms with van der Waals surface area (Å²) < 4.78 is 28.5. The van der Waals surface area contributed by atoms with Crippen molar-refractivity contribution in [3.63, 3.8) is 0 Å². The molecule has 1 heterocycles. The summed E-state index contributed by atoms with van der Waals surface area (Å²) in [7, 11) is -3.73. The molecule has 0 aromatic heterocycles. The second kappa shape index (κ2) is 8.22. The molecule has 28 heavy (non-hydrogen) atoms. The number of rotatable bonds is 5. The van der Waals surface area contributed by atoms with Crippen molar-refractivity contribution in [3.8, 4) is 0 Å². The molecule has 3 rings (SSSR count). The van der Waals surface area contributed by atoms with E-state index < -0.39 is 10.0 Å². The SMILES string of the molecule is Cc1cccc(C(C)C)c1NS(=O)(=O)c1ccc(NC(=O)N2CCCC2)cc1. The highest BCUT2D eigenvalue weighted by molar-refractivity contribution is 7.92. The van der Waals surface area contributed by atoms with Crippen molar-refractivity contribution in [3.05, 3.63) is 53.6 Å². The van der Waals surface area contributed by atoms with Gasteiger partial charge in [0.2, 0.25) is 0 Å². The minimum Gasteiger partial charge on any atom is -0.325 e. The normalized spacial score (nSPS) is 14.4. The molecule has 0 saturated carbocycles. The summed E-state index contributed by atoms with van der Waals surface area (Å²) in [6, 6.07) is 11.9. The molecule has 150 valence electrons. The second-order valence-corrected chi connectivity index (χ2v) is 9.13. The number of nitrogens with zero attached hydrogens (tertiary/aromatic N) is 1. The maximum atomic E-state index is 12.9. The lowest BCUT2D eigenvalue weighted by atomic mass is 9.99. The number of carbonyl (C=O) groups excluding carboxylic acids is 1. The number of nitrogens with one attached hydrogen (secondary N) is 2. The monoisotopic (exact) mass is 401 g/mol. The Labute approximate surface area is 167 Å². The Bertz CT molecular complexity index is 947. The first-order valence-corrected chi connectivity index (χ1v) is 11.0. The zero-order valence-electron chi connectivity index (χ0n) is 16.5. The zero-order chi connectivity index (χ0) is 20.3. The van der Waals surface area contributed by atoms with E-state index in [1.54, 1.807) is 17.0 Å². The van der Waals surface area contributed by atoms with Crippen LogP contribution in [0.5, 0.6) is 0 Å². The predicted molar refractivity (Wildman–Crippen MR) is 112 cm³/mol. The predicted octanol–water partition coefficient (Wildman–Crippen LogP) is 4.55. The molecule has 1 aliphatic heterocycles. The van der Waals surface area contributed by atoms with Crippen molar-refractivity contribution >= 4 is 27.4 Å². The summed E-state index contributed by atoms with van der Waals surface area (Å²) in [6.45, 7) is 7.48. The van der Waals surface area contributed by atoms with Crippen LogP contribution in [0.2, 0.25) is 0 Å². The van der Waals surface area contributed by atoms with Crippen LogP contribution in [-0.2, 0) is 10.0 Å². The van der Waals surface area contributed by atoms with Crippen LogP contribution in [0.1, 0.15) is 43.7 Å². The molecule has 0 radical (unpaired) electrons. The van der Waals surface area contributed by atoms with Gasteiger partial charge in [0.1, 0.15) is 0 Å². The van der Waals surface area contributed by atoms with Crippen molar-refractivity contribution in [2.45, 2.75) is 44.4 Å². The Hall–Kier alpha value is -2.54. The number of anilines is 2. The number of urea groups is 1. The Balaban J connectivity index is 1.77. The molecule has 2 aromatic carbocycles. The molecule has 0 unspecified atom stereocenters. The number of hydrogen-bond acceptors (Lipinski definition) is 3. The first-order valence-electron chi connectivity index (χ1n) is 9.56. The molecule has 2 amide bonds. The van der Waals surface area contributed by atoms with Gasteiger partial charge in [0, 0.05) is 18.8 Å². The number of benzene rings is 2. The van der Waals surface area contributed by atoms with E-state index in [2.05, 4.69) is 10.0 Å². The molecule has 0 spiro atoms. The van der Waals surface area contributed by atoms with Gasteiger partial charge in [0.25, 0.3) is 10.0 Å². The number of sulfonamides is 1. The number of amides is 2. The van der Waals surface area contributed by atoms with E-state index >= 15 is 0 Å². The lowest BCUT2D eigenvalue weighted by Crippen LogP contribution is -2.32. The summed E-state index contributed by atoms with van der Waals surface area (Å²) in [5, 5.41) is 2.82. The van der Waals surface area contributed by atoms with E-state index in [0.29, 0.717) is 11.4 Å². The van der Waals surface area contributed by atoms with E-state index in [-0.39, 0.29) is 16.8 Å². The Morgan fingerprint density at radius 2 is 1.68 bits per heavy atom. The van der Waals surface area contributed by atoms with E-state index in [1.165, 1.54) is 12.1 Å². The summed E-state index contributed by atoms with van der Waals surface area (Å²) in [4.78, 5) is 14.1. The van der Waals surface area contributed by atoms with E-state index in [4.69, 9.17) is 0 Å². The summed E-state index contributed by atoms with van der Waals surface area (Å²) in [5.41, 5.74) is 3.04. The van der Waals surface area contributed by atoms with Crippen LogP contribution >= 0.6 is 0 Å². The zero-order valence-corrected chi connectivity index (χ0v) is 17.3. The van der Waals surface area contributed by atoms with Crippen LogP contribution in [-0.4, -0.2) is 32.4 Å².